The van der Waals surface area contributed by atoms with Crippen molar-refractivity contribution in [2.45, 2.75) is 19.0 Å². The fourth-order valence-electron chi connectivity index (χ4n) is 3.55. The van der Waals surface area contributed by atoms with Gasteiger partial charge < -0.3 is 15.3 Å². The Bertz CT molecular complexity index is 871. The first-order valence-corrected chi connectivity index (χ1v) is 8.85. The van der Waals surface area contributed by atoms with Crippen LogP contribution in [0.3, 0.4) is 0 Å². The average molecular weight is 395 g/mol. The number of aliphatic carboxylic acids is 1. The van der Waals surface area contributed by atoms with Crippen LogP contribution in [0, 0.1) is 5.41 Å². The Morgan fingerprint density at radius 1 is 1.14 bits per heavy atom. The second-order valence-electron chi connectivity index (χ2n) is 7.13. The summed E-state index contributed by atoms with van der Waals surface area (Å²) in [6.45, 7) is 3.97. The number of alkyl halides is 3. The zero-order chi connectivity index (χ0) is 20.4. The molecule has 150 valence electrons. The molecule has 4 rings (SSSR count). The molecule has 28 heavy (non-hydrogen) atoms. The van der Waals surface area contributed by atoms with Crippen molar-refractivity contribution in [2.75, 3.05) is 26.2 Å². The van der Waals surface area contributed by atoms with Crippen LogP contribution in [-0.2, 0) is 4.79 Å². The van der Waals surface area contributed by atoms with Gasteiger partial charge in [0.2, 0.25) is 0 Å². The van der Waals surface area contributed by atoms with Crippen molar-refractivity contribution in [2.24, 2.45) is 5.41 Å². The van der Waals surface area contributed by atoms with E-state index in [9.17, 15) is 18.0 Å². The number of pyridine rings is 1. The van der Waals surface area contributed by atoms with Crippen LogP contribution in [0.5, 0.6) is 0 Å². The Labute approximate surface area is 159 Å². The van der Waals surface area contributed by atoms with Crippen LogP contribution in [0.1, 0.15) is 23.2 Å². The number of rotatable bonds is 1. The van der Waals surface area contributed by atoms with Crippen LogP contribution >= 0.6 is 0 Å². The lowest BCUT2D eigenvalue weighted by molar-refractivity contribution is -0.192. The molecule has 1 aromatic carbocycles. The number of hydrogen-bond acceptors (Lipinski definition) is 4. The third-order valence-corrected chi connectivity index (χ3v) is 5.08. The molecule has 6 nitrogen and oxygen atoms in total. The molecule has 0 aliphatic carbocycles. The summed E-state index contributed by atoms with van der Waals surface area (Å²) < 4.78 is 31.7. The number of carboxylic acid groups (broad SMARTS) is 1. The van der Waals surface area contributed by atoms with Gasteiger partial charge in [-0.25, -0.2) is 4.79 Å². The van der Waals surface area contributed by atoms with Gasteiger partial charge in [-0.15, -0.1) is 0 Å². The van der Waals surface area contributed by atoms with Crippen LogP contribution in [0.4, 0.5) is 13.2 Å². The highest BCUT2D eigenvalue weighted by Gasteiger charge is 2.45. The van der Waals surface area contributed by atoms with E-state index < -0.39 is 12.1 Å². The molecule has 0 atom stereocenters. The Morgan fingerprint density at radius 3 is 2.36 bits per heavy atom. The smallest absolute Gasteiger partial charge is 0.475 e. The number of carbonyl (C=O) groups is 2. The van der Waals surface area contributed by atoms with Gasteiger partial charge in [-0.1, -0.05) is 18.2 Å². The summed E-state index contributed by atoms with van der Waals surface area (Å²) in [5.74, 6) is -2.63. The van der Waals surface area contributed by atoms with Gasteiger partial charge in [0.15, 0.2) is 0 Å². The van der Waals surface area contributed by atoms with E-state index in [0.29, 0.717) is 11.0 Å². The van der Waals surface area contributed by atoms with E-state index in [4.69, 9.17) is 9.90 Å². The Morgan fingerprint density at radius 2 is 1.75 bits per heavy atom. The molecule has 2 aliphatic rings. The first-order valence-electron chi connectivity index (χ1n) is 8.85. The highest BCUT2D eigenvalue weighted by Crippen LogP contribution is 2.39. The minimum absolute atomic E-state index is 0.123. The maximum absolute atomic E-state index is 12.6. The molecule has 2 aromatic rings. The van der Waals surface area contributed by atoms with E-state index in [2.05, 4.69) is 10.3 Å². The zero-order valence-electron chi connectivity index (χ0n) is 15.0. The van der Waals surface area contributed by atoms with E-state index in [1.54, 1.807) is 6.20 Å². The lowest BCUT2D eigenvalue weighted by Gasteiger charge is -2.52. The highest BCUT2D eigenvalue weighted by atomic mass is 19.4. The van der Waals surface area contributed by atoms with Crippen molar-refractivity contribution in [3.05, 3.63) is 42.1 Å². The minimum Gasteiger partial charge on any atom is -0.475 e. The van der Waals surface area contributed by atoms with Crippen molar-refractivity contribution in [1.82, 2.24) is 15.2 Å². The summed E-state index contributed by atoms with van der Waals surface area (Å²) in [5.41, 5.74) is 2.02. The SMILES string of the molecule is O=C(O)C(F)(F)F.O=C(c1cnc2ccccc2c1)N1CC2(CCNCC2)C1. The van der Waals surface area contributed by atoms with Gasteiger partial charge in [-0.05, 0) is 38.1 Å². The van der Waals surface area contributed by atoms with Gasteiger partial charge >= 0.3 is 12.1 Å². The van der Waals surface area contributed by atoms with Crippen LogP contribution in [0.25, 0.3) is 10.9 Å². The third-order valence-electron chi connectivity index (χ3n) is 5.08. The normalized spacial score (nSPS) is 18.2. The van der Waals surface area contributed by atoms with Crippen LogP contribution in [-0.4, -0.2) is 59.2 Å². The van der Waals surface area contributed by atoms with Gasteiger partial charge in [-0.2, -0.15) is 13.2 Å². The largest absolute Gasteiger partial charge is 0.490 e. The number of aromatic nitrogens is 1. The van der Waals surface area contributed by atoms with E-state index >= 15 is 0 Å². The number of hydrogen-bond donors (Lipinski definition) is 2. The Kier molecular flexibility index (Phi) is 5.55. The molecule has 2 aliphatic heterocycles. The molecule has 1 aromatic heterocycles. The number of nitrogens with zero attached hydrogens (tertiary/aromatic N) is 2. The van der Waals surface area contributed by atoms with E-state index in [0.717, 1.165) is 37.1 Å². The number of piperidine rings is 1. The van der Waals surface area contributed by atoms with Crippen molar-refractivity contribution in [3.8, 4) is 0 Å². The summed E-state index contributed by atoms with van der Waals surface area (Å²) in [4.78, 5) is 27.8. The van der Waals surface area contributed by atoms with Gasteiger partial charge in [0.1, 0.15) is 0 Å². The van der Waals surface area contributed by atoms with Gasteiger partial charge in [0, 0.05) is 30.1 Å². The maximum Gasteiger partial charge on any atom is 0.490 e. The second-order valence-corrected chi connectivity index (χ2v) is 7.13. The van der Waals surface area contributed by atoms with Crippen molar-refractivity contribution in [1.29, 1.82) is 0 Å². The van der Waals surface area contributed by atoms with Crippen molar-refractivity contribution >= 4 is 22.8 Å². The topological polar surface area (TPSA) is 82.5 Å². The summed E-state index contributed by atoms with van der Waals surface area (Å²) in [7, 11) is 0. The van der Waals surface area contributed by atoms with Crippen molar-refractivity contribution < 1.29 is 27.9 Å². The number of likely N-dealkylation sites (tertiary alicyclic amines) is 1. The van der Waals surface area contributed by atoms with Gasteiger partial charge in [0.25, 0.3) is 5.91 Å². The van der Waals surface area contributed by atoms with Gasteiger partial charge in [-0.3, -0.25) is 9.78 Å². The molecule has 0 radical (unpaired) electrons. The number of benzene rings is 1. The highest BCUT2D eigenvalue weighted by molar-refractivity contribution is 5.97. The standard InChI is InChI=1S/C17H19N3O.C2HF3O2/c21-16(20-11-17(12-20)5-7-18-8-6-17)14-9-13-3-1-2-4-15(13)19-10-14;3-2(4,5)1(6)7/h1-4,9-10,18H,5-8,11-12H2;(H,6,7). The molecular formula is C19H20F3N3O3. The Hall–Kier alpha value is -2.68. The zero-order valence-corrected chi connectivity index (χ0v) is 15.0. The molecule has 2 saturated heterocycles. The number of fused-ring (bicyclic) bond motifs is 1. The van der Waals surface area contributed by atoms with Crippen LogP contribution in [0.15, 0.2) is 36.5 Å². The third kappa shape index (κ3) is 4.41. The van der Waals surface area contributed by atoms with E-state index in [-0.39, 0.29) is 5.91 Å². The monoisotopic (exact) mass is 395 g/mol. The lowest BCUT2D eigenvalue weighted by Crippen LogP contribution is -2.61. The average Bonchev–Trinajstić information content (AvgIpc) is 2.65. The second kappa shape index (κ2) is 7.75. The number of carbonyl (C=O) groups excluding carboxylic acids is 1. The molecule has 1 amide bonds. The first-order chi connectivity index (χ1) is 13.2. The summed E-state index contributed by atoms with van der Waals surface area (Å²) in [5, 5.41) is 11.5. The van der Waals surface area contributed by atoms with Gasteiger partial charge in [0.05, 0.1) is 11.1 Å². The molecule has 3 heterocycles. The van der Waals surface area contributed by atoms with Crippen molar-refractivity contribution in [3.63, 3.8) is 0 Å². The number of halogens is 3. The molecule has 2 N–H and O–H groups in total. The lowest BCUT2D eigenvalue weighted by atomic mass is 9.72. The molecular weight excluding hydrogens is 375 g/mol. The van der Waals surface area contributed by atoms with E-state index in [1.807, 2.05) is 35.2 Å². The minimum atomic E-state index is -5.08. The number of nitrogens with one attached hydrogen (secondary N) is 1. The number of carboxylic acids is 1. The molecule has 1 spiro atoms. The quantitative estimate of drug-likeness (QED) is 0.776. The summed E-state index contributed by atoms with van der Waals surface area (Å²) >= 11 is 0. The fraction of sp³-hybridized carbons (Fsp3) is 0.421. The molecule has 0 unspecified atom stereocenters. The fourth-order valence-corrected chi connectivity index (χ4v) is 3.55. The summed E-state index contributed by atoms with van der Waals surface area (Å²) in [6.07, 6.45) is -1.00. The molecule has 9 heteroatoms. The first kappa shape index (κ1) is 20.1. The van der Waals surface area contributed by atoms with E-state index in [1.165, 1.54) is 12.8 Å². The molecule has 2 fully saturated rings. The predicted molar refractivity (Wildman–Crippen MR) is 95.9 cm³/mol. The van der Waals surface area contributed by atoms with Crippen LogP contribution < -0.4 is 5.32 Å². The number of para-hydroxylation sites is 1. The Balaban J connectivity index is 0.000000279. The molecule has 0 bridgehead atoms. The van der Waals surface area contributed by atoms with Crippen LogP contribution in [0.2, 0.25) is 0 Å². The maximum atomic E-state index is 12.6. The molecule has 0 saturated carbocycles. The predicted octanol–water partition coefficient (Wildman–Crippen LogP) is 2.69. The number of amides is 1. The summed E-state index contributed by atoms with van der Waals surface area (Å²) in [6, 6.07) is 9.87.